The minimum Gasteiger partial charge on any atom is -0.481 e. The third kappa shape index (κ3) is 3.42. The van der Waals surface area contributed by atoms with Gasteiger partial charge in [-0.1, -0.05) is 37.8 Å². The Labute approximate surface area is 174 Å². The molecule has 0 aliphatic rings. The Hall–Kier alpha value is -2.32. The number of methoxy groups -OCH3 is 1. The van der Waals surface area contributed by atoms with Crippen LogP contribution in [0, 0.1) is 0 Å². The van der Waals surface area contributed by atoms with Crippen molar-refractivity contribution in [3.63, 3.8) is 0 Å². The summed E-state index contributed by atoms with van der Waals surface area (Å²) < 4.78 is 9.26. The molecule has 2 aromatic heterocycles. The van der Waals surface area contributed by atoms with Crippen LogP contribution in [0.15, 0.2) is 35.3 Å². The SMILES string of the molecule is COc1ccc(N(C(=S)SC)c2cc(C(C)C)c3c(c2)n(C)c(=O)n3C)cn1. The second-order valence-corrected chi connectivity index (χ2v) is 8.26. The lowest BCUT2D eigenvalue weighted by Crippen LogP contribution is -2.21. The lowest BCUT2D eigenvalue weighted by Gasteiger charge is -2.25. The molecule has 1 aromatic carbocycles. The Morgan fingerprint density at radius 2 is 1.93 bits per heavy atom. The Kier molecular flexibility index (Phi) is 5.81. The number of thioether (sulfide) groups is 1. The van der Waals surface area contributed by atoms with Crippen LogP contribution in [0.3, 0.4) is 0 Å². The van der Waals surface area contributed by atoms with E-state index in [2.05, 4.69) is 24.9 Å². The monoisotopic (exact) mass is 416 g/mol. The largest absolute Gasteiger partial charge is 0.481 e. The van der Waals surface area contributed by atoms with E-state index in [4.69, 9.17) is 17.0 Å². The van der Waals surface area contributed by atoms with Crippen LogP contribution in [-0.4, -0.2) is 31.8 Å². The maximum absolute atomic E-state index is 12.5. The minimum absolute atomic E-state index is 0.0424. The first-order chi connectivity index (χ1) is 13.3. The van der Waals surface area contributed by atoms with Gasteiger partial charge in [0.05, 0.1) is 30.0 Å². The fourth-order valence-corrected chi connectivity index (χ4v) is 3.92. The van der Waals surface area contributed by atoms with Crippen LogP contribution >= 0.6 is 24.0 Å². The second-order valence-electron chi connectivity index (χ2n) is 6.82. The van der Waals surface area contributed by atoms with Crippen LogP contribution in [-0.2, 0) is 14.1 Å². The molecule has 0 amide bonds. The number of rotatable bonds is 4. The third-order valence-corrected chi connectivity index (χ3v) is 6.01. The van der Waals surface area contributed by atoms with Crippen molar-refractivity contribution in [2.24, 2.45) is 14.1 Å². The molecule has 0 saturated carbocycles. The molecule has 2 heterocycles. The molecule has 0 aliphatic heterocycles. The molecule has 0 aliphatic carbocycles. The molecule has 0 radical (unpaired) electrons. The van der Waals surface area contributed by atoms with Crippen LogP contribution < -0.4 is 15.3 Å². The van der Waals surface area contributed by atoms with Crippen LogP contribution in [0.1, 0.15) is 25.3 Å². The average molecular weight is 417 g/mol. The molecule has 0 fully saturated rings. The summed E-state index contributed by atoms with van der Waals surface area (Å²) in [6, 6.07) is 7.86. The summed E-state index contributed by atoms with van der Waals surface area (Å²) in [6.07, 6.45) is 3.69. The van der Waals surface area contributed by atoms with Crippen molar-refractivity contribution in [1.82, 2.24) is 14.1 Å². The van der Waals surface area contributed by atoms with E-state index in [-0.39, 0.29) is 11.6 Å². The van der Waals surface area contributed by atoms with Crippen LogP contribution in [0.4, 0.5) is 11.4 Å². The number of fused-ring (bicyclic) bond motifs is 1. The highest BCUT2D eigenvalue weighted by molar-refractivity contribution is 8.23. The van der Waals surface area contributed by atoms with Gasteiger partial charge < -0.3 is 4.74 Å². The molecule has 0 bridgehead atoms. The number of ether oxygens (including phenoxy) is 1. The van der Waals surface area contributed by atoms with Gasteiger partial charge in [-0.2, -0.15) is 0 Å². The molecule has 8 heteroatoms. The topological polar surface area (TPSA) is 52.3 Å². The van der Waals surface area contributed by atoms with Crippen molar-refractivity contribution < 1.29 is 4.74 Å². The number of pyridine rings is 1. The van der Waals surface area contributed by atoms with Gasteiger partial charge in [-0.25, -0.2) is 9.78 Å². The number of imidazole rings is 1. The average Bonchev–Trinajstić information content (AvgIpc) is 2.92. The zero-order valence-corrected chi connectivity index (χ0v) is 18.5. The van der Waals surface area contributed by atoms with Gasteiger partial charge in [0.25, 0.3) is 0 Å². The fraction of sp³-hybridized carbons (Fsp3) is 0.350. The molecule has 0 spiro atoms. The summed E-state index contributed by atoms with van der Waals surface area (Å²) in [7, 11) is 5.20. The van der Waals surface area contributed by atoms with E-state index in [1.807, 2.05) is 36.4 Å². The number of aromatic nitrogens is 3. The van der Waals surface area contributed by atoms with Gasteiger partial charge in [0.2, 0.25) is 5.88 Å². The molecule has 3 aromatic rings. The summed E-state index contributed by atoms with van der Waals surface area (Å²) >= 11 is 7.14. The predicted molar refractivity (Wildman–Crippen MR) is 121 cm³/mol. The zero-order valence-electron chi connectivity index (χ0n) is 16.9. The van der Waals surface area contributed by atoms with Gasteiger partial charge in [0.1, 0.15) is 4.32 Å². The lowest BCUT2D eigenvalue weighted by atomic mass is 10.00. The van der Waals surface area contributed by atoms with Gasteiger partial charge in [0, 0.05) is 25.8 Å². The smallest absolute Gasteiger partial charge is 0.328 e. The number of hydrogen-bond donors (Lipinski definition) is 0. The number of hydrogen-bond acceptors (Lipinski definition) is 5. The van der Waals surface area contributed by atoms with E-state index >= 15 is 0 Å². The molecule has 0 atom stereocenters. The number of benzene rings is 1. The van der Waals surface area contributed by atoms with Crippen molar-refractivity contribution in [1.29, 1.82) is 0 Å². The van der Waals surface area contributed by atoms with Crippen molar-refractivity contribution in [3.8, 4) is 5.88 Å². The van der Waals surface area contributed by atoms with E-state index < -0.39 is 0 Å². The van der Waals surface area contributed by atoms with Crippen molar-refractivity contribution in [2.75, 3.05) is 18.3 Å². The Bertz CT molecular complexity index is 1080. The summed E-state index contributed by atoms with van der Waals surface area (Å²) in [5, 5.41) is 0. The minimum atomic E-state index is -0.0424. The highest BCUT2D eigenvalue weighted by Gasteiger charge is 2.21. The van der Waals surface area contributed by atoms with E-state index in [0.717, 1.165) is 28.0 Å². The maximum Gasteiger partial charge on any atom is 0.328 e. The van der Waals surface area contributed by atoms with Crippen molar-refractivity contribution in [2.45, 2.75) is 19.8 Å². The summed E-state index contributed by atoms with van der Waals surface area (Å²) in [6.45, 7) is 4.25. The summed E-state index contributed by atoms with van der Waals surface area (Å²) in [5.74, 6) is 0.789. The molecule has 0 saturated heterocycles. The molecule has 28 heavy (non-hydrogen) atoms. The lowest BCUT2D eigenvalue weighted by molar-refractivity contribution is 0.398. The van der Waals surface area contributed by atoms with Gasteiger partial charge >= 0.3 is 5.69 Å². The molecular weight excluding hydrogens is 392 g/mol. The van der Waals surface area contributed by atoms with E-state index in [9.17, 15) is 4.79 Å². The number of thiocarbonyl (C=S) groups is 1. The Balaban J connectivity index is 2.29. The van der Waals surface area contributed by atoms with E-state index in [0.29, 0.717) is 10.2 Å². The van der Waals surface area contributed by atoms with Gasteiger partial charge in [-0.3, -0.25) is 14.0 Å². The molecule has 148 valence electrons. The van der Waals surface area contributed by atoms with E-state index in [1.54, 1.807) is 29.5 Å². The van der Waals surface area contributed by atoms with Gasteiger partial charge in [-0.15, -0.1) is 0 Å². The van der Waals surface area contributed by atoms with Crippen LogP contribution in [0.5, 0.6) is 5.88 Å². The molecular formula is C20H24N4O2S2. The van der Waals surface area contributed by atoms with Crippen LogP contribution in [0.25, 0.3) is 11.0 Å². The van der Waals surface area contributed by atoms with E-state index in [1.165, 1.54) is 11.8 Å². The first-order valence-electron chi connectivity index (χ1n) is 8.87. The normalized spacial score (nSPS) is 11.2. The zero-order chi connectivity index (χ0) is 20.6. The molecule has 3 rings (SSSR count). The predicted octanol–water partition coefficient (Wildman–Crippen LogP) is 4.19. The fourth-order valence-electron chi connectivity index (χ4n) is 3.32. The quantitative estimate of drug-likeness (QED) is 0.595. The maximum atomic E-state index is 12.5. The van der Waals surface area contributed by atoms with Gasteiger partial charge in [0.15, 0.2) is 0 Å². The first kappa shape index (κ1) is 20.4. The standard InChI is InChI=1S/C20H24N4O2S2/c1-12(2)15-9-14(10-16-18(15)23(4)19(25)22(16)3)24(20(27)28-6)13-7-8-17(26-5)21-11-13/h7-12H,1-6H3. The Morgan fingerprint density at radius 3 is 2.46 bits per heavy atom. The number of aryl methyl sites for hydroxylation is 2. The van der Waals surface area contributed by atoms with Crippen molar-refractivity contribution in [3.05, 3.63) is 46.5 Å². The van der Waals surface area contributed by atoms with Gasteiger partial charge in [-0.05, 0) is 35.9 Å². The third-order valence-electron chi connectivity index (χ3n) is 4.80. The molecule has 0 N–H and O–H groups in total. The Morgan fingerprint density at radius 1 is 1.21 bits per heavy atom. The van der Waals surface area contributed by atoms with Crippen molar-refractivity contribution >= 4 is 50.7 Å². The number of anilines is 2. The molecule has 0 unspecified atom stereocenters. The molecule has 6 nitrogen and oxygen atoms in total. The summed E-state index contributed by atoms with van der Waals surface area (Å²) in [4.78, 5) is 18.8. The highest BCUT2D eigenvalue weighted by atomic mass is 32.2. The highest BCUT2D eigenvalue weighted by Crippen LogP contribution is 2.35. The second kappa shape index (κ2) is 7.97. The van der Waals surface area contributed by atoms with Crippen LogP contribution in [0.2, 0.25) is 0 Å². The number of nitrogens with zero attached hydrogens (tertiary/aromatic N) is 4. The summed E-state index contributed by atoms with van der Waals surface area (Å²) in [5.41, 5.74) is 4.64. The first-order valence-corrected chi connectivity index (χ1v) is 10.5.